The molecule has 2 amide bonds. The number of hydrogen-bond acceptors (Lipinski definition) is 5. The second-order valence-electron chi connectivity index (χ2n) is 5.11. The third kappa shape index (κ3) is 4.48. The zero-order valence-electron chi connectivity index (χ0n) is 13.1. The topological polar surface area (TPSA) is 93.8 Å². The van der Waals surface area contributed by atoms with E-state index in [-0.39, 0.29) is 23.6 Å². The Morgan fingerprint density at radius 1 is 1.16 bits per heavy atom. The minimum Gasteiger partial charge on any atom is -0.483 e. The van der Waals surface area contributed by atoms with Gasteiger partial charge in [0, 0.05) is 11.3 Å². The number of nitrogens with zero attached hydrogens (tertiary/aromatic N) is 1. The van der Waals surface area contributed by atoms with Crippen molar-refractivity contribution in [1.29, 1.82) is 0 Å². The highest BCUT2D eigenvalue weighted by Crippen LogP contribution is 2.29. The lowest BCUT2D eigenvalue weighted by Crippen LogP contribution is -2.20. The van der Waals surface area contributed by atoms with Crippen LogP contribution in [0.3, 0.4) is 0 Å². The number of anilines is 1. The van der Waals surface area contributed by atoms with E-state index in [1.54, 1.807) is 36.4 Å². The molecule has 0 saturated carbocycles. The van der Waals surface area contributed by atoms with Gasteiger partial charge in [-0.3, -0.25) is 9.59 Å². The number of amidine groups is 1. The summed E-state index contributed by atoms with van der Waals surface area (Å²) in [6.07, 6.45) is 1.65. The molecule has 7 heteroatoms. The van der Waals surface area contributed by atoms with Crippen LogP contribution < -0.4 is 15.8 Å². The Bertz CT molecular complexity index is 863. The summed E-state index contributed by atoms with van der Waals surface area (Å²) in [6, 6.07) is 16.3. The molecule has 3 N–H and O–H groups in total. The Morgan fingerprint density at radius 2 is 1.88 bits per heavy atom. The monoisotopic (exact) mass is 353 g/mol. The number of nitrogens with one attached hydrogen (secondary N) is 1. The molecule has 1 aliphatic heterocycles. The van der Waals surface area contributed by atoms with Gasteiger partial charge in [-0.2, -0.15) is 4.99 Å². The lowest BCUT2D eigenvalue weighted by molar-refractivity contribution is -0.118. The molecule has 0 unspecified atom stereocenters. The van der Waals surface area contributed by atoms with Crippen LogP contribution in [0.4, 0.5) is 5.69 Å². The number of ether oxygens (including phenoxy) is 1. The molecule has 126 valence electrons. The molecule has 0 saturated heterocycles. The third-order valence-corrected chi connectivity index (χ3v) is 4.07. The van der Waals surface area contributed by atoms with Gasteiger partial charge in [0.25, 0.3) is 11.8 Å². The van der Waals surface area contributed by atoms with Gasteiger partial charge in [0.05, 0.1) is 4.91 Å². The first-order chi connectivity index (χ1) is 12.1. The number of hydrogen-bond donors (Lipinski definition) is 2. The second kappa shape index (κ2) is 7.67. The largest absolute Gasteiger partial charge is 0.483 e. The fourth-order valence-electron chi connectivity index (χ4n) is 2.16. The summed E-state index contributed by atoms with van der Waals surface area (Å²) < 4.78 is 5.60. The number of amides is 2. The molecule has 25 heavy (non-hydrogen) atoms. The van der Waals surface area contributed by atoms with Crippen LogP contribution in [0.15, 0.2) is 64.5 Å². The standard InChI is InChI=1S/C18H15N3O3S/c19-18-21-17(23)15(25-18)10-12-6-4-5-9-14(12)24-11-16(22)20-13-7-2-1-3-8-13/h1-10H,11H2,(H,20,22)(H2,19,21,23). The second-order valence-corrected chi connectivity index (χ2v) is 6.17. The van der Waals surface area contributed by atoms with Crippen molar-refractivity contribution in [2.24, 2.45) is 10.7 Å². The van der Waals surface area contributed by atoms with Gasteiger partial charge in [0.15, 0.2) is 11.8 Å². The molecule has 2 aromatic carbocycles. The normalized spacial score (nSPS) is 15.1. The number of para-hydroxylation sites is 2. The van der Waals surface area contributed by atoms with Crippen LogP contribution in [0.2, 0.25) is 0 Å². The van der Waals surface area contributed by atoms with Crippen LogP contribution in [-0.2, 0) is 9.59 Å². The number of carbonyl (C=O) groups is 2. The molecule has 0 fully saturated rings. The minimum atomic E-state index is -0.376. The Morgan fingerprint density at radius 3 is 2.60 bits per heavy atom. The quantitative estimate of drug-likeness (QED) is 0.806. The van der Waals surface area contributed by atoms with Crippen molar-refractivity contribution in [1.82, 2.24) is 0 Å². The minimum absolute atomic E-state index is 0.144. The van der Waals surface area contributed by atoms with E-state index in [4.69, 9.17) is 10.5 Å². The van der Waals surface area contributed by atoms with Crippen LogP contribution in [0.5, 0.6) is 5.75 Å². The van der Waals surface area contributed by atoms with Crippen molar-refractivity contribution in [3.05, 3.63) is 65.1 Å². The van der Waals surface area contributed by atoms with Crippen LogP contribution in [-0.4, -0.2) is 23.6 Å². The maximum atomic E-state index is 12.0. The first-order valence-electron chi connectivity index (χ1n) is 7.46. The van der Waals surface area contributed by atoms with E-state index in [1.165, 1.54) is 0 Å². The molecule has 2 aromatic rings. The molecule has 6 nitrogen and oxygen atoms in total. The van der Waals surface area contributed by atoms with Gasteiger partial charge in [0.1, 0.15) is 5.75 Å². The van der Waals surface area contributed by atoms with Gasteiger partial charge in [-0.05, 0) is 36.0 Å². The summed E-state index contributed by atoms with van der Waals surface area (Å²) in [5.74, 6) is -0.149. The van der Waals surface area contributed by atoms with Gasteiger partial charge in [-0.25, -0.2) is 0 Å². The molecule has 3 rings (SSSR count). The lowest BCUT2D eigenvalue weighted by atomic mass is 10.2. The highest BCUT2D eigenvalue weighted by molar-refractivity contribution is 8.18. The Kier molecular flexibility index (Phi) is 5.15. The molecule has 0 spiro atoms. The summed E-state index contributed by atoms with van der Waals surface area (Å²) >= 11 is 1.11. The molecule has 0 aliphatic carbocycles. The zero-order chi connectivity index (χ0) is 17.6. The molecular weight excluding hydrogens is 338 g/mol. The number of carbonyl (C=O) groups excluding carboxylic acids is 2. The Labute approximate surface area is 148 Å². The van der Waals surface area contributed by atoms with E-state index in [2.05, 4.69) is 10.3 Å². The van der Waals surface area contributed by atoms with Gasteiger partial charge >= 0.3 is 0 Å². The highest BCUT2D eigenvalue weighted by atomic mass is 32.2. The maximum Gasteiger partial charge on any atom is 0.286 e. The Hall–Kier alpha value is -3.06. The molecule has 0 bridgehead atoms. The van der Waals surface area contributed by atoms with Crippen LogP contribution in [0.1, 0.15) is 5.56 Å². The van der Waals surface area contributed by atoms with Gasteiger partial charge in [0.2, 0.25) is 0 Å². The molecule has 1 aliphatic rings. The van der Waals surface area contributed by atoms with Crippen molar-refractivity contribution < 1.29 is 14.3 Å². The van der Waals surface area contributed by atoms with E-state index in [1.807, 2.05) is 24.3 Å². The number of nitrogens with two attached hydrogens (primary N) is 1. The molecule has 0 atom stereocenters. The SMILES string of the molecule is NC1=NC(=O)C(=Cc2ccccc2OCC(=O)Nc2ccccc2)S1. The molecule has 1 heterocycles. The highest BCUT2D eigenvalue weighted by Gasteiger charge is 2.20. The first kappa shape index (κ1) is 16.8. The number of rotatable bonds is 5. The summed E-state index contributed by atoms with van der Waals surface area (Å²) in [5.41, 5.74) is 6.92. The average Bonchev–Trinajstić information content (AvgIpc) is 2.92. The third-order valence-electron chi connectivity index (χ3n) is 3.26. The van der Waals surface area contributed by atoms with Crippen LogP contribution in [0.25, 0.3) is 6.08 Å². The van der Waals surface area contributed by atoms with E-state index >= 15 is 0 Å². The Balaban J connectivity index is 1.66. The summed E-state index contributed by atoms with van der Waals surface area (Å²) in [5, 5.41) is 2.96. The van der Waals surface area contributed by atoms with E-state index in [9.17, 15) is 9.59 Å². The van der Waals surface area contributed by atoms with Crippen LogP contribution >= 0.6 is 11.8 Å². The van der Waals surface area contributed by atoms with Crippen molar-refractivity contribution >= 4 is 40.5 Å². The van der Waals surface area contributed by atoms with Crippen molar-refractivity contribution in [2.75, 3.05) is 11.9 Å². The predicted octanol–water partition coefficient (Wildman–Crippen LogP) is 2.63. The van der Waals surface area contributed by atoms with Gasteiger partial charge in [-0.15, -0.1) is 0 Å². The predicted molar refractivity (Wildman–Crippen MR) is 99.2 cm³/mol. The van der Waals surface area contributed by atoms with Crippen LogP contribution in [0, 0.1) is 0 Å². The summed E-state index contributed by atoms with van der Waals surface area (Å²) in [7, 11) is 0. The summed E-state index contributed by atoms with van der Waals surface area (Å²) in [6.45, 7) is -0.144. The number of benzene rings is 2. The van der Waals surface area contributed by atoms with Crippen molar-refractivity contribution in [2.45, 2.75) is 0 Å². The van der Waals surface area contributed by atoms with E-state index in [0.717, 1.165) is 11.8 Å². The smallest absolute Gasteiger partial charge is 0.286 e. The van der Waals surface area contributed by atoms with E-state index < -0.39 is 0 Å². The van der Waals surface area contributed by atoms with Crippen molar-refractivity contribution in [3.63, 3.8) is 0 Å². The fourth-order valence-corrected chi connectivity index (χ4v) is 2.83. The molecule has 0 radical (unpaired) electrons. The number of thioether (sulfide) groups is 1. The molecule has 0 aromatic heterocycles. The molecular formula is C18H15N3O3S. The maximum absolute atomic E-state index is 12.0. The first-order valence-corrected chi connectivity index (χ1v) is 8.28. The average molecular weight is 353 g/mol. The summed E-state index contributed by atoms with van der Waals surface area (Å²) in [4.78, 5) is 27.8. The lowest BCUT2D eigenvalue weighted by Gasteiger charge is -2.10. The zero-order valence-corrected chi connectivity index (χ0v) is 14.0. The number of aliphatic imine (C=N–C) groups is 1. The fraction of sp³-hybridized carbons (Fsp3) is 0.0556. The van der Waals surface area contributed by atoms with Gasteiger partial charge < -0.3 is 15.8 Å². The van der Waals surface area contributed by atoms with Crippen molar-refractivity contribution in [3.8, 4) is 5.75 Å². The van der Waals surface area contributed by atoms with Gasteiger partial charge in [-0.1, -0.05) is 36.4 Å². The van der Waals surface area contributed by atoms with E-state index in [0.29, 0.717) is 21.9 Å².